The molecule has 1 heterocycles. The smallest absolute Gasteiger partial charge is 0.243 e. The number of carbonyl (C=O) groups is 1. The minimum atomic E-state index is -3.49. The molecule has 6 nitrogen and oxygen atoms in total. The summed E-state index contributed by atoms with van der Waals surface area (Å²) in [6, 6.07) is 6.95. The van der Waals surface area contributed by atoms with Crippen LogP contribution < -0.4 is 10.6 Å². The molecular weight excluding hydrogens is 338 g/mol. The van der Waals surface area contributed by atoms with E-state index in [0.717, 1.165) is 31.7 Å². The Morgan fingerprint density at radius 3 is 2.56 bits per heavy atom. The van der Waals surface area contributed by atoms with Crippen LogP contribution >= 0.6 is 0 Å². The van der Waals surface area contributed by atoms with Crippen LogP contribution in [-0.2, 0) is 21.4 Å². The number of rotatable bonds is 8. The monoisotopic (exact) mass is 365 g/mol. The summed E-state index contributed by atoms with van der Waals surface area (Å²) in [4.78, 5) is 12.3. The first-order valence-electron chi connectivity index (χ1n) is 9.13. The third-order valence-corrected chi connectivity index (χ3v) is 6.80. The van der Waals surface area contributed by atoms with Crippen LogP contribution in [0.1, 0.15) is 37.7 Å². The first-order valence-corrected chi connectivity index (χ1v) is 10.6. The van der Waals surface area contributed by atoms with Gasteiger partial charge in [-0.1, -0.05) is 24.6 Å². The summed E-state index contributed by atoms with van der Waals surface area (Å²) in [7, 11) is -3.49. The maximum atomic E-state index is 12.9. The molecule has 25 heavy (non-hydrogen) atoms. The molecule has 0 aromatic heterocycles. The van der Waals surface area contributed by atoms with Gasteiger partial charge in [0.2, 0.25) is 15.9 Å². The largest absolute Gasteiger partial charge is 0.351 e. The second-order valence-corrected chi connectivity index (χ2v) is 8.83. The summed E-state index contributed by atoms with van der Waals surface area (Å²) in [5.74, 6) is 0.619. The molecule has 0 bridgehead atoms. The Bertz CT molecular complexity index is 695. The van der Waals surface area contributed by atoms with Crippen LogP contribution in [0.2, 0.25) is 0 Å². The molecule has 138 valence electrons. The Morgan fingerprint density at radius 1 is 1.12 bits per heavy atom. The lowest BCUT2D eigenvalue weighted by atomic mass is 10.2. The van der Waals surface area contributed by atoms with E-state index in [1.807, 2.05) is 6.07 Å². The minimum absolute atomic E-state index is 0.106. The fraction of sp³-hybridized carbons (Fsp3) is 0.611. The molecular formula is C18H27N3O3S. The van der Waals surface area contributed by atoms with E-state index in [-0.39, 0.29) is 19.0 Å². The lowest BCUT2D eigenvalue weighted by molar-refractivity contribution is -0.120. The summed E-state index contributed by atoms with van der Waals surface area (Å²) in [5.41, 5.74) is 0.642. The van der Waals surface area contributed by atoms with Crippen molar-refractivity contribution in [2.45, 2.75) is 43.5 Å². The molecule has 1 aliphatic heterocycles. The molecule has 0 atom stereocenters. The number of benzene rings is 1. The fourth-order valence-electron chi connectivity index (χ4n) is 3.11. The second kappa shape index (κ2) is 8.29. The van der Waals surface area contributed by atoms with Crippen LogP contribution in [0.15, 0.2) is 29.2 Å². The van der Waals surface area contributed by atoms with Gasteiger partial charge in [0.05, 0.1) is 11.4 Å². The maximum Gasteiger partial charge on any atom is 0.243 e. The van der Waals surface area contributed by atoms with E-state index in [1.54, 1.807) is 22.5 Å². The highest BCUT2D eigenvalue weighted by atomic mass is 32.2. The maximum absolute atomic E-state index is 12.9. The average Bonchev–Trinajstić information content (AvgIpc) is 3.45. The molecule has 0 radical (unpaired) electrons. The normalized spacial score (nSPS) is 18.9. The lowest BCUT2D eigenvalue weighted by Gasteiger charge is -2.26. The molecule has 2 N–H and O–H groups in total. The van der Waals surface area contributed by atoms with E-state index in [0.29, 0.717) is 23.5 Å². The van der Waals surface area contributed by atoms with Gasteiger partial charge in [0.1, 0.15) is 0 Å². The molecule has 0 unspecified atom stereocenters. The zero-order valence-electron chi connectivity index (χ0n) is 14.5. The van der Waals surface area contributed by atoms with Crippen LogP contribution in [0.4, 0.5) is 0 Å². The van der Waals surface area contributed by atoms with E-state index < -0.39 is 10.0 Å². The van der Waals surface area contributed by atoms with E-state index in [2.05, 4.69) is 10.6 Å². The van der Waals surface area contributed by atoms with Gasteiger partial charge >= 0.3 is 0 Å². The number of nitrogens with zero attached hydrogens (tertiary/aromatic N) is 1. The Labute approximate surface area is 150 Å². The van der Waals surface area contributed by atoms with Crippen LogP contribution in [0.5, 0.6) is 0 Å². The van der Waals surface area contributed by atoms with Crippen molar-refractivity contribution in [2.75, 3.05) is 26.2 Å². The van der Waals surface area contributed by atoms with Crippen LogP contribution in [0, 0.1) is 5.92 Å². The van der Waals surface area contributed by atoms with Crippen LogP contribution in [0.3, 0.4) is 0 Å². The molecule has 1 aliphatic carbocycles. The van der Waals surface area contributed by atoms with Gasteiger partial charge in [-0.15, -0.1) is 0 Å². The fourth-order valence-corrected chi connectivity index (χ4v) is 4.85. The van der Waals surface area contributed by atoms with Gasteiger partial charge in [0.25, 0.3) is 0 Å². The molecule has 1 amide bonds. The summed E-state index contributed by atoms with van der Waals surface area (Å²) >= 11 is 0. The van der Waals surface area contributed by atoms with Crippen molar-refractivity contribution in [1.82, 2.24) is 14.9 Å². The predicted molar refractivity (Wildman–Crippen MR) is 96.5 cm³/mol. The Kier molecular flexibility index (Phi) is 6.09. The topological polar surface area (TPSA) is 78.5 Å². The van der Waals surface area contributed by atoms with Crippen molar-refractivity contribution in [2.24, 2.45) is 5.92 Å². The van der Waals surface area contributed by atoms with Crippen molar-refractivity contribution in [3.05, 3.63) is 29.8 Å². The van der Waals surface area contributed by atoms with Gasteiger partial charge in [0.15, 0.2) is 0 Å². The third kappa shape index (κ3) is 5.03. The number of hydrogen-bond acceptors (Lipinski definition) is 4. The van der Waals surface area contributed by atoms with E-state index >= 15 is 0 Å². The second-order valence-electron chi connectivity index (χ2n) is 6.92. The summed E-state index contributed by atoms with van der Waals surface area (Å²) in [6.45, 7) is 2.54. The molecule has 0 spiro atoms. The number of sulfonamides is 1. The lowest BCUT2D eigenvalue weighted by Crippen LogP contribution is -2.37. The van der Waals surface area contributed by atoms with E-state index in [9.17, 15) is 13.2 Å². The van der Waals surface area contributed by atoms with Crippen LogP contribution in [0.25, 0.3) is 0 Å². The molecule has 1 aromatic rings. The van der Waals surface area contributed by atoms with Crippen molar-refractivity contribution in [3.63, 3.8) is 0 Å². The first-order chi connectivity index (χ1) is 12.1. The number of amides is 1. The zero-order valence-corrected chi connectivity index (χ0v) is 15.4. The van der Waals surface area contributed by atoms with Gasteiger partial charge in [0, 0.05) is 19.6 Å². The number of hydrogen-bond donors (Lipinski definition) is 2. The van der Waals surface area contributed by atoms with E-state index in [1.165, 1.54) is 12.8 Å². The molecule has 2 aliphatic rings. The Balaban J connectivity index is 1.60. The first kappa shape index (κ1) is 18.4. The summed E-state index contributed by atoms with van der Waals surface area (Å²) < 4.78 is 27.4. The highest BCUT2D eigenvalue weighted by Crippen LogP contribution is 2.27. The molecule has 1 saturated carbocycles. The minimum Gasteiger partial charge on any atom is -0.351 e. The summed E-state index contributed by atoms with van der Waals surface area (Å²) in [5, 5.41) is 5.97. The standard InChI is InChI=1S/C18H27N3O3S/c22-18(14-19-12-15-8-9-15)20-13-16-6-2-3-7-17(16)25(23,24)21-10-4-1-5-11-21/h2-3,6-7,15,19H,1,4-5,8-14H2,(H,20,22). The summed E-state index contributed by atoms with van der Waals surface area (Å²) in [6.07, 6.45) is 5.39. The molecule has 7 heteroatoms. The van der Waals surface area contributed by atoms with Crippen LogP contribution in [-0.4, -0.2) is 44.8 Å². The third-order valence-electron chi connectivity index (χ3n) is 4.80. The predicted octanol–water partition coefficient (Wildman–Crippen LogP) is 1.48. The highest BCUT2D eigenvalue weighted by Gasteiger charge is 2.28. The SMILES string of the molecule is O=C(CNCC1CC1)NCc1ccccc1S(=O)(=O)N1CCCCC1. The number of nitrogens with one attached hydrogen (secondary N) is 2. The van der Waals surface area contributed by atoms with Gasteiger partial charge in [-0.25, -0.2) is 8.42 Å². The van der Waals surface area contributed by atoms with E-state index in [4.69, 9.17) is 0 Å². The van der Waals surface area contributed by atoms with Crippen molar-refractivity contribution >= 4 is 15.9 Å². The quantitative estimate of drug-likeness (QED) is 0.731. The molecule has 1 aromatic carbocycles. The highest BCUT2D eigenvalue weighted by molar-refractivity contribution is 7.89. The van der Waals surface area contributed by atoms with Crippen molar-refractivity contribution < 1.29 is 13.2 Å². The molecule has 2 fully saturated rings. The number of piperidine rings is 1. The van der Waals surface area contributed by atoms with Crippen molar-refractivity contribution in [1.29, 1.82) is 0 Å². The van der Waals surface area contributed by atoms with Gasteiger partial charge < -0.3 is 10.6 Å². The zero-order chi connectivity index (χ0) is 17.7. The average molecular weight is 365 g/mol. The van der Waals surface area contributed by atoms with Crippen molar-refractivity contribution in [3.8, 4) is 0 Å². The van der Waals surface area contributed by atoms with Gasteiger partial charge in [-0.2, -0.15) is 4.31 Å². The van der Waals surface area contributed by atoms with Gasteiger partial charge in [-0.3, -0.25) is 4.79 Å². The number of carbonyl (C=O) groups excluding carboxylic acids is 1. The van der Waals surface area contributed by atoms with Gasteiger partial charge in [-0.05, 0) is 49.8 Å². The Morgan fingerprint density at radius 2 is 1.84 bits per heavy atom. The molecule has 3 rings (SSSR count). The molecule has 1 saturated heterocycles. The Hall–Kier alpha value is -1.44.